The third-order valence-electron chi connectivity index (χ3n) is 12.9. The summed E-state index contributed by atoms with van der Waals surface area (Å²) in [7, 11) is -7.44. The van der Waals surface area contributed by atoms with Crippen molar-refractivity contribution in [2.75, 3.05) is 0 Å². The molecule has 0 spiro atoms. The van der Waals surface area contributed by atoms with Gasteiger partial charge < -0.3 is 0 Å². The third kappa shape index (κ3) is 5.84. The number of hydrogen-bond acceptors (Lipinski definition) is 4. The molecule has 0 saturated carbocycles. The minimum absolute atomic E-state index is 0.0197. The molecular weight excluding hydrogens is 653 g/mol. The first-order valence-electron chi connectivity index (χ1n) is 17.8. The molecular formula is C34H76GeN2O2Si4. The van der Waals surface area contributed by atoms with Crippen molar-refractivity contribution in [2.45, 2.75) is 214 Å². The molecule has 0 aromatic heterocycles. The van der Waals surface area contributed by atoms with Gasteiger partial charge in [-0.05, 0) is 0 Å². The predicted molar refractivity (Wildman–Crippen MR) is 204 cm³/mol. The van der Waals surface area contributed by atoms with E-state index in [4.69, 9.17) is 7.73 Å². The Labute approximate surface area is 277 Å². The summed E-state index contributed by atoms with van der Waals surface area (Å²) in [6.07, 6.45) is 9.96. The van der Waals surface area contributed by atoms with Crippen molar-refractivity contribution in [2.24, 2.45) is 0 Å². The van der Waals surface area contributed by atoms with Gasteiger partial charge in [-0.15, -0.1) is 0 Å². The maximum atomic E-state index is 8.59. The Bertz CT molecular complexity index is 889. The topological polar surface area (TPSA) is 24.9 Å². The molecule has 4 nitrogen and oxygen atoms in total. The second-order valence-corrected chi connectivity index (χ2v) is 55.2. The molecule has 9 heteroatoms. The van der Waals surface area contributed by atoms with Crippen LogP contribution < -0.4 is 0 Å². The number of hydroxylamine groups is 4. The average molecular weight is 730 g/mol. The number of nitrogens with zero attached hydrogens (tertiary/aromatic N) is 2. The summed E-state index contributed by atoms with van der Waals surface area (Å²) in [6.45, 7) is 52.5. The molecule has 3 aliphatic heterocycles. The third-order valence-corrected chi connectivity index (χ3v) is 66.5. The van der Waals surface area contributed by atoms with E-state index in [0.29, 0.717) is 0 Å². The summed E-state index contributed by atoms with van der Waals surface area (Å²) in [5.41, 5.74) is -0.0789. The first-order valence-corrected chi connectivity index (χ1v) is 35.6. The molecule has 254 valence electrons. The van der Waals surface area contributed by atoms with Crippen LogP contribution in [0.1, 0.15) is 107 Å². The van der Waals surface area contributed by atoms with Crippen LogP contribution in [0.15, 0.2) is 0 Å². The number of hydrogen-bond donors (Lipinski definition) is 0. The fourth-order valence-electron chi connectivity index (χ4n) is 11.8. The van der Waals surface area contributed by atoms with Crippen LogP contribution in [0.2, 0.25) is 85.6 Å². The summed E-state index contributed by atoms with van der Waals surface area (Å²) in [5, 5.41) is 5.26. The van der Waals surface area contributed by atoms with Gasteiger partial charge >= 0.3 is 279 Å². The molecule has 3 rings (SSSR count). The maximum absolute atomic E-state index is 8.59. The first-order chi connectivity index (χ1) is 18.8. The summed E-state index contributed by atoms with van der Waals surface area (Å²) in [4.78, 5) is 0. The van der Waals surface area contributed by atoms with Gasteiger partial charge in [0.25, 0.3) is 0 Å². The quantitative estimate of drug-likeness (QED) is 0.232. The fourth-order valence-corrected chi connectivity index (χ4v) is 79.0. The van der Waals surface area contributed by atoms with Crippen LogP contribution in [0.4, 0.5) is 0 Å². The van der Waals surface area contributed by atoms with Gasteiger partial charge in [0.05, 0.1) is 0 Å². The van der Waals surface area contributed by atoms with Gasteiger partial charge in [-0.25, -0.2) is 0 Å². The Morgan fingerprint density at radius 3 is 0.791 bits per heavy atom. The van der Waals surface area contributed by atoms with Crippen molar-refractivity contribution < 1.29 is 7.73 Å². The molecule has 3 aliphatic rings. The van der Waals surface area contributed by atoms with E-state index in [1.807, 2.05) is 0 Å². The van der Waals surface area contributed by atoms with E-state index in [1.54, 1.807) is 0 Å². The van der Waals surface area contributed by atoms with Gasteiger partial charge in [0, 0.05) is 0 Å². The normalized spacial score (nSPS) is 29.0. The van der Waals surface area contributed by atoms with Gasteiger partial charge in [0.1, 0.15) is 0 Å². The van der Waals surface area contributed by atoms with Gasteiger partial charge in [0.15, 0.2) is 0 Å². The van der Waals surface area contributed by atoms with Crippen LogP contribution in [0.25, 0.3) is 0 Å². The van der Waals surface area contributed by atoms with E-state index in [9.17, 15) is 0 Å². The Hall–Kier alpha value is 1.25. The van der Waals surface area contributed by atoms with Crippen LogP contribution >= 0.6 is 0 Å². The second kappa shape index (κ2) is 11.1. The molecule has 0 bridgehead atoms. The molecule has 0 unspecified atom stereocenters. The van der Waals surface area contributed by atoms with E-state index >= 15 is 0 Å². The zero-order valence-corrected chi connectivity index (χ0v) is 39.0. The molecule has 0 aromatic rings. The summed E-state index contributed by atoms with van der Waals surface area (Å²) in [5.74, 6) is 0. The van der Waals surface area contributed by atoms with Crippen LogP contribution in [0.3, 0.4) is 0 Å². The fraction of sp³-hybridized carbons (Fsp3) is 1.00. The zero-order chi connectivity index (χ0) is 33.7. The molecule has 3 saturated heterocycles. The number of piperidine rings is 2. The molecule has 43 heavy (non-hydrogen) atoms. The molecule has 0 atom stereocenters. The van der Waals surface area contributed by atoms with E-state index in [-0.39, 0.29) is 29.1 Å². The van der Waals surface area contributed by atoms with E-state index in [2.05, 4.69) is 144 Å². The summed E-state index contributed by atoms with van der Waals surface area (Å²) < 4.78 is 17.6. The minimum atomic E-state index is -4.03. The van der Waals surface area contributed by atoms with Gasteiger partial charge in [-0.1, -0.05) is 0 Å². The van der Waals surface area contributed by atoms with Crippen LogP contribution in [-0.2, 0) is 7.73 Å². The van der Waals surface area contributed by atoms with Gasteiger partial charge in [-0.3, -0.25) is 0 Å². The van der Waals surface area contributed by atoms with Crippen LogP contribution in [0, 0.1) is 0 Å². The number of rotatable bonds is 8. The van der Waals surface area contributed by atoms with Gasteiger partial charge in [0.2, 0.25) is 0 Å². The van der Waals surface area contributed by atoms with Crippen molar-refractivity contribution in [1.82, 2.24) is 10.1 Å². The van der Waals surface area contributed by atoms with Crippen molar-refractivity contribution in [3.63, 3.8) is 0 Å². The molecule has 3 heterocycles. The van der Waals surface area contributed by atoms with Crippen LogP contribution in [0.5, 0.6) is 0 Å². The van der Waals surface area contributed by atoms with Gasteiger partial charge in [-0.2, -0.15) is 0 Å². The van der Waals surface area contributed by atoms with E-state index in [1.165, 1.54) is 51.4 Å². The Morgan fingerprint density at radius 2 is 0.605 bits per heavy atom. The summed E-state index contributed by atoms with van der Waals surface area (Å²) >= 11 is -4.03. The van der Waals surface area contributed by atoms with E-state index < -0.39 is 46.2 Å². The Kier molecular flexibility index (Phi) is 10.0. The predicted octanol–water partition coefficient (Wildman–Crippen LogP) is 11.2. The van der Waals surface area contributed by atoms with Crippen LogP contribution in [-0.4, -0.2) is 78.5 Å². The van der Waals surface area contributed by atoms with Crippen molar-refractivity contribution >= 4 is 46.2 Å². The molecule has 0 N–H and O–H groups in total. The molecule has 0 aliphatic carbocycles. The standard InChI is InChI=1S/C34H76GeN2O2Si4/c1-29(2)23-21-24-30(3,4)36(29)38-35(39-37-31(5,6)25-22-26-32(37,7)8)33(40(9,10)11,41(12,13)14)27-28-34(35,42(15,16)17)43(18,19)20/h21-28H2,1-20H3. The second-order valence-electron chi connectivity index (χ2n) is 21.7. The Balaban J connectivity index is 2.64. The summed E-state index contributed by atoms with van der Waals surface area (Å²) in [6, 6.07) is 0. The molecule has 0 aromatic carbocycles. The molecule has 0 amide bonds. The van der Waals surface area contributed by atoms with E-state index in [0.717, 1.165) is 0 Å². The SMILES string of the molecule is CC1(C)CCCC(C)(C)N1[O][Ge]1([O]N2C(C)(C)CCCC2(C)C)[C]([Si](C)(C)C)([Si](C)(C)C)CC[C]1([Si](C)(C)C)[Si](C)(C)C. The molecule has 3 fully saturated rings. The van der Waals surface area contributed by atoms with Crippen molar-refractivity contribution in [3.05, 3.63) is 0 Å². The van der Waals surface area contributed by atoms with Crippen molar-refractivity contribution in [3.8, 4) is 0 Å². The molecule has 0 radical (unpaired) electrons. The average Bonchev–Trinajstić information content (AvgIpc) is 3.06. The Morgan fingerprint density at radius 1 is 0.395 bits per heavy atom. The first kappa shape index (κ1) is 38.7. The van der Waals surface area contributed by atoms with Crippen molar-refractivity contribution in [1.29, 1.82) is 0 Å². The zero-order valence-electron chi connectivity index (χ0n) is 32.9. The monoisotopic (exact) mass is 730 g/mol.